The van der Waals surface area contributed by atoms with Crippen LogP contribution in [0.1, 0.15) is 5.56 Å². The summed E-state index contributed by atoms with van der Waals surface area (Å²) in [6.07, 6.45) is 3.75. The van der Waals surface area contributed by atoms with Gasteiger partial charge in [-0.1, -0.05) is 12.1 Å². The maximum Gasteiger partial charge on any atom is 0.147 e. The first-order chi connectivity index (χ1) is 8.74. The Morgan fingerprint density at radius 3 is 2.44 bits per heavy atom. The third kappa shape index (κ3) is 3.96. The van der Waals surface area contributed by atoms with E-state index in [1.165, 1.54) is 23.9 Å². The van der Waals surface area contributed by atoms with Gasteiger partial charge in [-0.05, 0) is 29.8 Å². The second-order valence-corrected chi connectivity index (χ2v) is 4.86. The number of ketones is 1. The van der Waals surface area contributed by atoms with Crippen molar-refractivity contribution in [3.8, 4) is 0 Å². The molecular weight excluding hydrogens is 249 g/mol. The van der Waals surface area contributed by atoms with E-state index in [1.54, 1.807) is 24.5 Å². The quantitative estimate of drug-likeness (QED) is 0.775. The number of carbonyl (C=O) groups is 1. The molecule has 1 heterocycles. The van der Waals surface area contributed by atoms with Crippen molar-refractivity contribution >= 4 is 17.5 Å². The van der Waals surface area contributed by atoms with Gasteiger partial charge in [-0.2, -0.15) is 0 Å². The summed E-state index contributed by atoms with van der Waals surface area (Å²) < 4.78 is 12.7. The van der Waals surface area contributed by atoms with Crippen LogP contribution in [0.5, 0.6) is 0 Å². The molecule has 0 aliphatic carbocycles. The third-order valence-corrected chi connectivity index (χ3v) is 3.44. The molecule has 0 N–H and O–H groups in total. The molecule has 2 aromatic rings. The molecule has 0 saturated carbocycles. The smallest absolute Gasteiger partial charge is 0.147 e. The maximum absolute atomic E-state index is 12.7. The highest BCUT2D eigenvalue weighted by molar-refractivity contribution is 8.00. The Bertz CT molecular complexity index is 513. The Labute approximate surface area is 109 Å². The lowest BCUT2D eigenvalue weighted by Gasteiger charge is -2.02. The van der Waals surface area contributed by atoms with Crippen molar-refractivity contribution in [2.24, 2.45) is 0 Å². The molecule has 1 aromatic carbocycles. The van der Waals surface area contributed by atoms with Crippen molar-refractivity contribution < 1.29 is 9.18 Å². The first kappa shape index (κ1) is 12.8. The number of Topliss-reactive ketones (excluding diaryl/α,β-unsaturated/α-hetero) is 1. The van der Waals surface area contributed by atoms with Crippen LogP contribution in [0, 0.1) is 5.82 Å². The van der Waals surface area contributed by atoms with Gasteiger partial charge in [0.05, 0.1) is 5.75 Å². The van der Waals surface area contributed by atoms with Crippen molar-refractivity contribution in [1.29, 1.82) is 0 Å². The molecule has 2 nitrogen and oxygen atoms in total. The van der Waals surface area contributed by atoms with Gasteiger partial charge in [0.1, 0.15) is 11.6 Å². The molecule has 0 aliphatic rings. The predicted octanol–water partition coefficient (Wildman–Crippen LogP) is 3.12. The van der Waals surface area contributed by atoms with E-state index in [0.29, 0.717) is 12.2 Å². The number of benzene rings is 1. The second-order valence-electron chi connectivity index (χ2n) is 3.81. The van der Waals surface area contributed by atoms with Gasteiger partial charge in [0.15, 0.2) is 0 Å². The predicted molar refractivity (Wildman–Crippen MR) is 70.1 cm³/mol. The minimum Gasteiger partial charge on any atom is -0.298 e. The van der Waals surface area contributed by atoms with Crippen LogP contribution in [-0.4, -0.2) is 16.5 Å². The zero-order chi connectivity index (χ0) is 12.8. The zero-order valence-corrected chi connectivity index (χ0v) is 10.5. The number of aromatic nitrogens is 1. The van der Waals surface area contributed by atoms with Gasteiger partial charge in [0.2, 0.25) is 0 Å². The molecular formula is C14H12FNOS. The lowest BCUT2D eigenvalue weighted by molar-refractivity contribution is -0.116. The van der Waals surface area contributed by atoms with E-state index in [1.807, 2.05) is 12.1 Å². The molecule has 92 valence electrons. The normalized spacial score (nSPS) is 10.3. The molecule has 0 bridgehead atoms. The van der Waals surface area contributed by atoms with Crippen LogP contribution >= 0.6 is 11.8 Å². The molecule has 0 fully saturated rings. The highest BCUT2D eigenvalue weighted by atomic mass is 32.2. The Kier molecular flexibility index (Phi) is 4.47. The number of thioether (sulfide) groups is 1. The van der Waals surface area contributed by atoms with Crippen LogP contribution in [0.15, 0.2) is 53.7 Å². The van der Waals surface area contributed by atoms with E-state index in [2.05, 4.69) is 4.98 Å². The molecule has 0 spiro atoms. The van der Waals surface area contributed by atoms with Gasteiger partial charge >= 0.3 is 0 Å². The molecule has 2 rings (SSSR count). The first-order valence-corrected chi connectivity index (χ1v) is 6.51. The highest BCUT2D eigenvalue weighted by Gasteiger charge is 2.05. The molecule has 0 unspecified atom stereocenters. The Morgan fingerprint density at radius 2 is 1.78 bits per heavy atom. The van der Waals surface area contributed by atoms with E-state index in [9.17, 15) is 9.18 Å². The van der Waals surface area contributed by atoms with E-state index in [4.69, 9.17) is 0 Å². The second kappa shape index (κ2) is 6.31. The van der Waals surface area contributed by atoms with Crippen LogP contribution in [0.25, 0.3) is 0 Å². The van der Waals surface area contributed by atoms with Crippen LogP contribution < -0.4 is 0 Å². The Balaban J connectivity index is 1.84. The fourth-order valence-electron chi connectivity index (χ4n) is 1.48. The summed E-state index contributed by atoms with van der Waals surface area (Å²) in [6, 6.07) is 9.78. The van der Waals surface area contributed by atoms with Crippen molar-refractivity contribution in [1.82, 2.24) is 4.98 Å². The highest BCUT2D eigenvalue weighted by Crippen LogP contribution is 2.16. The Morgan fingerprint density at radius 1 is 1.11 bits per heavy atom. The van der Waals surface area contributed by atoms with Crippen LogP contribution in [0.3, 0.4) is 0 Å². The lowest BCUT2D eigenvalue weighted by atomic mass is 10.1. The number of halogens is 1. The van der Waals surface area contributed by atoms with Gasteiger partial charge in [-0.3, -0.25) is 9.78 Å². The molecule has 0 amide bonds. The molecule has 4 heteroatoms. The molecule has 18 heavy (non-hydrogen) atoms. The summed E-state index contributed by atoms with van der Waals surface area (Å²) in [5.74, 6) is 0.266. The van der Waals surface area contributed by atoms with E-state index in [0.717, 1.165) is 10.5 Å². The minimum atomic E-state index is -0.280. The largest absolute Gasteiger partial charge is 0.298 e. The van der Waals surface area contributed by atoms with Crippen LogP contribution in [-0.2, 0) is 11.2 Å². The number of rotatable bonds is 5. The molecule has 1 aromatic heterocycles. The van der Waals surface area contributed by atoms with Crippen molar-refractivity contribution in [3.05, 3.63) is 60.2 Å². The summed E-state index contributed by atoms with van der Waals surface area (Å²) in [7, 11) is 0. The minimum absolute atomic E-state index is 0.128. The first-order valence-electron chi connectivity index (χ1n) is 5.53. The SMILES string of the molecule is O=C(CSc1ccncc1)Cc1ccc(F)cc1. The standard InChI is InChI=1S/C14H12FNOS/c15-12-3-1-11(2-4-12)9-13(17)10-18-14-5-7-16-8-6-14/h1-8H,9-10H2. The Hall–Kier alpha value is -1.68. The summed E-state index contributed by atoms with van der Waals surface area (Å²) in [5.41, 5.74) is 0.844. The zero-order valence-electron chi connectivity index (χ0n) is 9.67. The van der Waals surface area contributed by atoms with Crippen LogP contribution in [0.2, 0.25) is 0 Å². The lowest BCUT2D eigenvalue weighted by Crippen LogP contribution is -2.05. The van der Waals surface area contributed by atoms with Gasteiger partial charge in [-0.15, -0.1) is 11.8 Å². The summed E-state index contributed by atoms with van der Waals surface area (Å²) in [5, 5.41) is 0. The average molecular weight is 261 g/mol. The monoisotopic (exact) mass is 261 g/mol. The van der Waals surface area contributed by atoms with Gasteiger partial charge in [-0.25, -0.2) is 4.39 Å². The van der Waals surface area contributed by atoms with Crippen molar-refractivity contribution in [2.45, 2.75) is 11.3 Å². The van der Waals surface area contributed by atoms with Crippen molar-refractivity contribution in [3.63, 3.8) is 0 Å². The van der Waals surface area contributed by atoms with Gasteiger partial charge in [0, 0.05) is 23.7 Å². The maximum atomic E-state index is 12.7. The van der Waals surface area contributed by atoms with E-state index >= 15 is 0 Å². The number of hydrogen-bond donors (Lipinski definition) is 0. The van der Waals surface area contributed by atoms with Crippen LogP contribution in [0.4, 0.5) is 4.39 Å². The molecule has 0 aliphatic heterocycles. The molecule has 0 radical (unpaired) electrons. The number of carbonyl (C=O) groups excluding carboxylic acids is 1. The summed E-state index contributed by atoms with van der Waals surface area (Å²) in [6.45, 7) is 0. The van der Waals surface area contributed by atoms with E-state index < -0.39 is 0 Å². The van der Waals surface area contributed by atoms with E-state index in [-0.39, 0.29) is 11.6 Å². The third-order valence-electron chi connectivity index (χ3n) is 2.36. The summed E-state index contributed by atoms with van der Waals surface area (Å²) >= 11 is 1.49. The summed E-state index contributed by atoms with van der Waals surface area (Å²) in [4.78, 5) is 16.7. The van der Waals surface area contributed by atoms with Gasteiger partial charge in [0.25, 0.3) is 0 Å². The molecule has 0 saturated heterocycles. The average Bonchev–Trinajstić information content (AvgIpc) is 2.40. The fourth-order valence-corrected chi connectivity index (χ4v) is 2.22. The van der Waals surface area contributed by atoms with Crippen molar-refractivity contribution in [2.75, 3.05) is 5.75 Å². The number of hydrogen-bond acceptors (Lipinski definition) is 3. The number of pyridine rings is 1. The fraction of sp³-hybridized carbons (Fsp3) is 0.143. The number of nitrogens with zero attached hydrogens (tertiary/aromatic N) is 1. The molecule has 0 atom stereocenters. The van der Waals surface area contributed by atoms with Gasteiger partial charge < -0.3 is 0 Å². The topological polar surface area (TPSA) is 30.0 Å².